The smallest absolute Gasteiger partial charge is 0.0402 e. The Morgan fingerprint density at radius 3 is 0.824 bits per heavy atom. The zero-order valence-electron chi connectivity index (χ0n) is 12.1. The quantitative estimate of drug-likeness (QED) is 0.368. The van der Waals surface area contributed by atoms with Gasteiger partial charge in [0.2, 0.25) is 0 Å². The molecular formula is C11H34N2O4. The molecular weight excluding hydrogens is 224 g/mol. The van der Waals surface area contributed by atoms with E-state index in [-0.39, 0.29) is 32.5 Å². The molecule has 0 fully saturated rings. The van der Waals surface area contributed by atoms with Gasteiger partial charge in [-0.05, 0) is 34.6 Å². The molecule has 0 aliphatic carbocycles. The van der Waals surface area contributed by atoms with E-state index < -0.39 is 0 Å². The molecule has 0 spiro atoms. The fourth-order valence-electron chi connectivity index (χ4n) is 0. The lowest BCUT2D eigenvalue weighted by molar-refractivity contribution is 0.318. The van der Waals surface area contributed by atoms with Crippen LogP contribution in [0.1, 0.15) is 34.6 Å². The molecule has 112 valence electrons. The van der Waals surface area contributed by atoms with E-state index >= 15 is 0 Å². The minimum atomic E-state index is 0.162. The van der Waals surface area contributed by atoms with Crippen molar-refractivity contribution in [1.82, 2.24) is 0 Å². The molecule has 0 aromatic carbocycles. The zero-order valence-corrected chi connectivity index (χ0v) is 12.1. The molecule has 0 saturated carbocycles. The number of aliphatic hydroxyl groups excluding tert-OH is 4. The van der Waals surface area contributed by atoms with Gasteiger partial charge in [-0.15, -0.1) is 0 Å². The third kappa shape index (κ3) is 963. The minimum absolute atomic E-state index is 0.162. The molecule has 0 amide bonds. The van der Waals surface area contributed by atoms with E-state index in [0.717, 1.165) is 0 Å². The zero-order chi connectivity index (χ0) is 15.1. The van der Waals surface area contributed by atoms with E-state index in [9.17, 15) is 0 Å². The summed E-state index contributed by atoms with van der Waals surface area (Å²) in [6.07, 6.45) is 0. The maximum absolute atomic E-state index is 7.57. The molecule has 0 aromatic heterocycles. The van der Waals surface area contributed by atoms with Crippen molar-refractivity contribution in [1.29, 1.82) is 0 Å². The van der Waals surface area contributed by atoms with Gasteiger partial charge in [-0.3, -0.25) is 0 Å². The van der Waals surface area contributed by atoms with Gasteiger partial charge in [0.15, 0.2) is 0 Å². The van der Waals surface area contributed by atoms with E-state index in [0.29, 0.717) is 6.54 Å². The predicted octanol–water partition coefficient (Wildman–Crippen LogP) is -0.713. The first-order chi connectivity index (χ1) is 7.93. The van der Waals surface area contributed by atoms with Crippen LogP contribution in [0.3, 0.4) is 0 Å². The highest BCUT2D eigenvalue weighted by Gasteiger charge is 1.79. The van der Waals surface area contributed by atoms with Crippen LogP contribution in [0.15, 0.2) is 0 Å². The van der Waals surface area contributed by atoms with Crippen LogP contribution >= 0.6 is 0 Å². The Balaban J connectivity index is -0.0000000362. The Hall–Kier alpha value is -0.240. The minimum Gasteiger partial charge on any atom is -0.397 e. The lowest BCUT2D eigenvalue weighted by Crippen LogP contribution is -2.25. The monoisotopic (exact) mass is 258 g/mol. The Bertz CT molecular complexity index is 59.4. The molecule has 6 nitrogen and oxygen atoms in total. The SMILES string of the molecule is CC(N)CN.CCO.CCO.CCO.CCO. The molecule has 0 heterocycles. The van der Waals surface area contributed by atoms with Crippen molar-refractivity contribution in [2.24, 2.45) is 11.5 Å². The topological polar surface area (TPSA) is 133 Å². The summed E-state index contributed by atoms with van der Waals surface area (Å²) in [5, 5.41) is 30.3. The molecule has 17 heavy (non-hydrogen) atoms. The van der Waals surface area contributed by atoms with Gasteiger partial charge in [0.1, 0.15) is 0 Å². The molecule has 0 bridgehead atoms. The van der Waals surface area contributed by atoms with Crippen LogP contribution in [0.25, 0.3) is 0 Å². The van der Waals surface area contributed by atoms with Crippen molar-refractivity contribution >= 4 is 0 Å². The van der Waals surface area contributed by atoms with E-state index in [1.807, 2.05) is 6.92 Å². The second-order valence-corrected chi connectivity index (χ2v) is 2.48. The van der Waals surface area contributed by atoms with Crippen LogP contribution in [0.2, 0.25) is 0 Å². The number of nitrogens with two attached hydrogens (primary N) is 2. The Morgan fingerprint density at radius 1 is 0.765 bits per heavy atom. The summed E-state index contributed by atoms with van der Waals surface area (Å²) in [6.45, 7) is 10.2. The molecule has 0 saturated heterocycles. The first kappa shape index (κ1) is 30.1. The van der Waals surface area contributed by atoms with Crippen LogP contribution in [0.4, 0.5) is 0 Å². The molecule has 1 atom stereocenters. The van der Waals surface area contributed by atoms with Gasteiger partial charge in [0.25, 0.3) is 0 Å². The van der Waals surface area contributed by atoms with Gasteiger partial charge in [-0.25, -0.2) is 0 Å². The van der Waals surface area contributed by atoms with Crippen LogP contribution in [-0.4, -0.2) is 59.4 Å². The molecule has 6 heteroatoms. The first-order valence-electron chi connectivity index (χ1n) is 5.82. The van der Waals surface area contributed by atoms with Crippen molar-refractivity contribution in [2.75, 3.05) is 33.0 Å². The van der Waals surface area contributed by atoms with Gasteiger partial charge in [-0.1, -0.05) is 0 Å². The standard InChI is InChI=1S/C3H10N2.4C2H6O/c1-3(5)2-4;4*1-2-3/h3H,2,4-5H2,1H3;4*3H,2H2,1H3. The maximum Gasteiger partial charge on any atom is 0.0402 e. The molecule has 0 aromatic rings. The summed E-state index contributed by atoms with van der Waals surface area (Å²) in [4.78, 5) is 0. The van der Waals surface area contributed by atoms with E-state index in [2.05, 4.69) is 0 Å². The van der Waals surface area contributed by atoms with Crippen molar-refractivity contribution < 1.29 is 20.4 Å². The van der Waals surface area contributed by atoms with Crippen molar-refractivity contribution in [3.8, 4) is 0 Å². The highest BCUT2D eigenvalue weighted by molar-refractivity contribution is 4.48. The maximum atomic E-state index is 7.57. The second kappa shape index (κ2) is 57.0. The van der Waals surface area contributed by atoms with E-state index in [1.165, 1.54) is 0 Å². The largest absolute Gasteiger partial charge is 0.397 e. The number of rotatable bonds is 1. The molecule has 0 rings (SSSR count). The lowest BCUT2D eigenvalue weighted by atomic mass is 10.4. The Kier molecular flexibility index (Phi) is 101. The van der Waals surface area contributed by atoms with Crippen LogP contribution in [0, 0.1) is 0 Å². The molecule has 8 N–H and O–H groups in total. The highest BCUT2D eigenvalue weighted by Crippen LogP contribution is 1.59. The summed E-state index contributed by atoms with van der Waals surface area (Å²) in [5.74, 6) is 0. The second-order valence-electron chi connectivity index (χ2n) is 2.48. The highest BCUT2D eigenvalue weighted by atomic mass is 16.3. The van der Waals surface area contributed by atoms with Crippen LogP contribution < -0.4 is 11.5 Å². The fourth-order valence-corrected chi connectivity index (χ4v) is 0. The summed E-state index contributed by atoms with van der Waals surface area (Å²) in [7, 11) is 0. The number of hydrogen-bond donors (Lipinski definition) is 6. The van der Waals surface area contributed by atoms with Crippen LogP contribution in [0.5, 0.6) is 0 Å². The van der Waals surface area contributed by atoms with Gasteiger partial charge in [-0.2, -0.15) is 0 Å². The Morgan fingerprint density at radius 2 is 0.824 bits per heavy atom. The average Bonchev–Trinajstić information content (AvgIpc) is 2.22. The van der Waals surface area contributed by atoms with Crippen LogP contribution in [-0.2, 0) is 0 Å². The van der Waals surface area contributed by atoms with Gasteiger partial charge in [0.05, 0.1) is 0 Å². The van der Waals surface area contributed by atoms with Crippen molar-refractivity contribution in [3.05, 3.63) is 0 Å². The number of hydrogen-bond acceptors (Lipinski definition) is 6. The summed E-state index contributed by atoms with van der Waals surface area (Å²) >= 11 is 0. The summed E-state index contributed by atoms with van der Waals surface area (Å²) < 4.78 is 0. The molecule has 0 radical (unpaired) electrons. The fraction of sp³-hybridized carbons (Fsp3) is 1.00. The van der Waals surface area contributed by atoms with Gasteiger partial charge < -0.3 is 31.9 Å². The third-order valence-electron chi connectivity index (χ3n) is 0.372. The molecule has 1 unspecified atom stereocenters. The van der Waals surface area contributed by atoms with E-state index in [4.69, 9.17) is 31.9 Å². The third-order valence-corrected chi connectivity index (χ3v) is 0.372. The number of aliphatic hydroxyl groups is 4. The van der Waals surface area contributed by atoms with Gasteiger partial charge >= 0.3 is 0 Å². The van der Waals surface area contributed by atoms with E-state index in [1.54, 1.807) is 27.7 Å². The molecule has 0 aliphatic rings. The first-order valence-corrected chi connectivity index (χ1v) is 5.82. The van der Waals surface area contributed by atoms with Gasteiger partial charge in [0, 0.05) is 39.0 Å². The summed E-state index contributed by atoms with van der Waals surface area (Å²) in [6, 6.07) is 0.162. The lowest BCUT2D eigenvalue weighted by Gasteiger charge is -1.92. The Labute approximate surface area is 106 Å². The average molecular weight is 258 g/mol. The van der Waals surface area contributed by atoms with Crippen molar-refractivity contribution in [2.45, 2.75) is 40.7 Å². The predicted molar refractivity (Wildman–Crippen MR) is 73.7 cm³/mol. The summed E-state index contributed by atoms with van der Waals surface area (Å²) in [5.41, 5.74) is 10.2. The molecule has 0 aliphatic heterocycles. The van der Waals surface area contributed by atoms with Crippen molar-refractivity contribution in [3.63, 3.8) is 0 Å². The normalized spacial score (nSPS) is 8.65.